The second-order valence-electron chi connectivity index (χ2n) is 22.9. The molecule has 0 aromatic heterocycles. The summed E-state index contributed by atoms with van der Waals surface area (Å²) in [6.45, 7) is 4.22. The molecule has 3 N–H and O–H groups in total. The van der Waals surface area contributed by atoms with Gasteiger partial charge in [-0.3, -0.25) is 4.79 Å². The maximum Gasteiger partial charge on any atom is 0.220 e. The fourth-order valence-electron chi connectivity index (χ4n) is 10.4. The first-order valence-corrected chi connectivity index (χ1v) is 33.7. The van der Waals surface area contributed by atoms with Gasteiger partial charge in [0.15, 0.2) is 0 Å². The van der Waals surface area contributed by atoms with Crippen molar-refractivity contribution in [1.82, 2.24) is 5.32 Å². The summed E-state index contributed by atoms with van der Waals surface area (Å²) in [6, 6.07) is -0.641. The lowest BCUT2D eigenvalue weighted by Gasteiger charge is -2.19. The first-order chi connectivity index (χ1) is 37.2. The average molecular weight is 1050 g/mol. The third-order valence-corrected chi connectivity index (χ3v) is 15.4. The van der Waals surface area contributed by atoms with Crippen LogP contribution in [-0.2, 0) is 4.79 Å². The predicted molar refractivity (Wildman–Crippen MR) is 336 cm³/mol. The Morgan fingerprint density at radius 1 is 0.333 bits per heavy atom. The number of hydrogen-bond acceptors (Lipinski definition) is 3. The van der Waals surface area contributed by atoms with E-state index in [0.717, 1.165) is 57.8 Å². The quantitative estimate of drug-likeness (QED) is 0.0420. The topological polar surface area (TPSA) is 69.6 Å². The number of allylic oxidation sites excluding steroid dienone is 11. The van der Waals surface area contributed by atoms with Gasteiger partial charge in [0.05, 0.1) is 18.8 Å². The first-order valence-electron chi connectivity index (χ1n) is 33.7. The van der Waals surface area contributed by atoms with Crippen molar-refractivity contribution in [3.8, 4) is 0 Å². The van der Waals surface area contributed by atoms with Gasteiger partial charge in [0.1, 0.15) is 0 Å². The minimum atomic E-state index is -0.864. The highest BCUT2D eigenvalue weighted by Gasteiger charge is 2.18. The van der Waals surface area contributed by atoms with Crippen molar-refractivity contribution >= 4 is 5.91 Å². The normalized spacial score (nSPS) is 13.2. The second-order valence-corrected chi connectivity index (χ2v) is 22.9. The second kappa shape index (κ2) is 66.1. The molecular formula is C71H131NO3. The number of rotatable bonds is 62. The summed E-state index contributed by atoms with van der Waals surface area (Å²) in [6.07, 6.45) is 95.6. The molecule has 0 rings (SSSR count). The van der Waals surface area contributed by atoms with E-state index < -0.39 is 12.1 Å². The molecule has 0 saturated carbocycles. The Morgan fingerprint density at radius 3 is 0.933 bits per heavy atom. The van der Waals surface area contributed by atoms with Crippen LogP contribution in [0.25, 0.3) is 0 Å². The molecule has 4 nitrogen and oxygen atoms in total. The van der Waals surface area contributed by atoms with Crippen molar-refractivity contribution in [1.29, 1.82) is 0 Å². The standard InChI is InChI=1S/C71H131NO3/c1-3-5-7-9-11-13-15-17-19-21-23-25-27-29-31-32-33-34-35-36-37-38-39-40-41-43-45-47-49-51-53-55-57-59-61-63-65-67-71(75)72-69(68-73)70(74)66-64-62-60-58-56-54-52-50-48-46-44-42-30-28-26-24-22-20-18-16-14-12-10-8-6-4-2/h5,7,11,13,17,19,23,25,56,58,64,66,69-70,73-74H,3-4,6,8-10,12,14-16,18,20-22,24,26-55,57,59-63,65,67-68H2,1-2H3,(H,72,75)/b7-5-,13-11-,19-17-,25-23-,58-56+,66-64+. The van der Waals surface area contributed by atoms with Crippen LogP contribution in [-0.4, -0.2) is 34.9 Å². The van der Waals surface area contributed by atoms with Crippen LogP contribution in [0.1, 0.15) is 354 Å². The number of nitrogens with one attached hydrogen (secondary N) is 1. The highest BCUT2D eigenvalue weighted by atomic mass is 16.3. The fraction of sp³-hybridized carbons (Fsp3) is 0.817. The Labute approximate surface area is 469 Å². The molecule has 0 saturated heterocycles. The van der Waals surface area contributed by atoms with E-state index in [2.05, 4.69) is 79.9 Å². The van der Waals surface area contributed by atoms with Crippen molar-refractivity contribution in [2.24, 2.45) is 0 Å². The van der Waals surface area contributed by atoms with E-state index in [-0.39, 0.29) is 12.5 Å². The van der Waals surface area contributed by atoms with E-state index in [1.54, 1.807) is 6.08 Å². The molecule has 0 aliphatic carbocycles. The van der Waals surface area contributed by atoms with Gasteiger partial charge in [0.2, 0.25) is 5.91 Å². The van der Waals surface area contributed by atoms with Crippen molar-refractivity contribution in [3.05, 3.63) is 72.9 Å². The molecule has 1 amide bonds. The van der Waals surface area contributed by atoms with Gasteiger partial charge in [-0.15, -0.1) is 0 Å². The maximum absolute atomic E-state index is 12.5. The van der Waals surface area contributed by atoms with E-state index in [1.807, 2.05) is 6.08 Å². The Kier molecular flexibility index (Phi) is 64.2. The fourth-order valence-corrected chi connectivity index (χ4v) is 10.4. The number of unbranched alkanes of at least 4 members (excludes halogenated alkanes) is 45. The molecule has 0 aliphatic heterocycles. The van der Waals surface area contributed by atoms with Gasteiger partial charge in [0, 0.05) is 6.42 Å². The molecule has 4 heteroatoms. The molecule has 0 radical (unpaired) electrons. The molecule has 438 valence electrons. The zero-order valence-electron chi connectivity index (χ0n) is 50.6. The lowest BCUT2D eigenvalue weighted by atomic mass is 10.0. The maximum atomic E-state index is 12.5. The van der Waals surface area contributed by atoms with Gasteiger partial charge in [-0.05, 0) is 70.6 Å². The molecule has 0 aromatic rings. The first kappa shape index (κ1) is 72.8. The summed E-state index contributed by atoms with van der Waals surface area (Å²) >= 11 is 0. The largest absolute Gasteiger partial charge is 0.394 e. The van der Waals surface area contributed by atoms with Crippen LogP contribution >= 0.6 is 0 Å². The van der Waals surface area contributed by atoms with Crippen molar-refractivity contribution in [2.75, 3.05) is 6.61 Å². The third kappa shape index (κ3) is 62.6. The molecule has 2 atom stereocenters. The van der Waals surface area contributed by atoms with Crippen LogP contribution in [0.4, 0.5) is 0 Å². The lowest BCUT2D eigenvalue weighted by Crippen LogP contribution is -2.45. The minimum Gasteiger partial charge on any atom is -0.394 e. The lowest BCUT2D eigenvalue weighted by molar-refractivity contribution is -0.123. The van der Waals surface area contributed by atoms with Crippen LogP contribution in [0.2, 0.25) is 0 Å². The number of carbonyl (C=O) groups excluding carboxylic acids is 1. The third-order valence-electron chi connectivity index (χ3n) is 15.4. The molecule has 0 aromatic carbocycles. The van der Waals surface area contributed by atoms with Gasteiger partial charge in [-0.25, -0.2) is 0 Å². The molecule has 75 heavy (non-hydrogen) atoms. The molecule has 0 spiro atoms. The molecular weight excluding hydrogens is 915 g/mol. The van der Waals surface area contributed by atoms with Crippen LogP contribution in [0, 0.1) is 0 Å². The van der Waals surface area contributed by atoms with Gasteiger partial charge in [-0.1, -0.05) is 350 Å². The molecule has 0 fully saturated rings. The average Bonchev–Trinajstić information content (AvgIpc) is 3.41. The van der Waals surface area contributed by atoms with E-state index in [9.17, 15) is 15.0 Å². The van der Waals surface area contributed by atoms with Crippen molar-refractivity contribution < 1.29 is 15.0 Å². The predicted octanol–water partition coefficient (Wildman–Crippen LogP) is 22.9. The van der Waals surface area contributed by atoms with Gasteiger partial charge < -0.3 is 15.5 Å². The van der Waals surface area contributed by atoms with Crippen LogP contribution in [0.3, 0.4) is 0 Å². The molecule has 0 heterocycles. The summed E-state index contributed by atoms with van der Waals surface area (Å²) in [4.78, 5) is 12.5. The van der Waals surface area contributed by atoms with Crippen LogP contribution in [0.15, 0.2) is 72.9 Å². The van der Waals surface area contributed by atoms with Crippen molar-refractivity contribution in [3.63, 3.8) is 0 Å². The number of amides is 1. The SMILES string of the molecule is CC/C=C\C/C=C\C/C=C\C/C=C\CCCCCCCCCCCCCCCCCCCCCCCCCCC(=O)NC(CO)C(O)/C=C/CC/C=C/CCCCCCCCCCCCCCCCCCCCCC. The highest BCUT2D eigenvalue weighted by Crippen LogP contribution is 2.18. The monoisotopic (exact) mass is 1050 g/mol. The van der Waals surface area contributed by atoms with Crippen LogP contribution in [0.5, 0.6) is 0 Å². The van der Waals surface area contributed by atoms with Gasteiger partial charge >= 0.3 is 0 Å². The minimum absolute atomic E-state index is 0.0679. The molecule has 2 unspecified atom stereocenters. The number of carbonyl (C=O) groups is 1. The Balaban J connectivity index is 3.45. The highest BCUT2D eigenvalue weighted by molar-refractivity contribution is 5.76. The van der Waals surface area contributed by atoms with Crippen molar-refractivity contribution in [2.45, 2.75) is 366 Å². The number of hydrogen-bond donors (Lipinski definition) is 3. The molecule has 0 aliphatic rings. The van der Waals surface area contributed by atoms with E-state index in [4.69, 9.17) is 0 Å². The molecule has 0 bridgehead atoms. The zero-order valence-corrected chi connectivity index (χ0v) is 50.6. The Morgan fingerprint density at radius 2 is 0.600 bits per heavy atom. The van der Waals surface area contributed by atoms with E-state index in [1.165, 1.54) is 276 Å². The van der Waals surface area contributed by atoms with E-state index >= 15 is 0 Å². The summed E-state index contributed by atoms with van der Waals surface area (Å²) in [5.74, 6) is -0.0679. The van der Waals surface area contributed by atoms with Gasteiger partial charge in [0.25, 0.3) is 0 Å². The van der Waals surface area contributed by atoms with Gasteiger partial charge in [-0.2, -0.15) is 0 Å². The summed E-state index contributed by atoms with van der Waals surface area (Å²) in [5, 5.41) is 23.2. The number of aliphatic hydroxyl groups is 2. The summed E-state index contributed by atoms with van der Waals surface area (Å²) < 4.78 is 0. The Bertz CT molecular complexity index is 1280. The van der Waals surface area contributed by atoms with Crippen LogP contribution < -0.4 is 5.32 Å². The smallest absolute Gasteiger partial charge is 0.220 e. The Hall–Kier alpha value is -2.17. The summed E-state index contributed by atoms with van der Waals surface area (Å²) in [7, 11) is 0. The van der Waals surface area contributed by atoms with E-state index in [0.29, 0.717) is 6.42 Å². The summed E-state index contributed by atoms with van der Waals surface area (Å²) in [5.41, 5.74) is 0. The zero-order chi connectivity index (χ0) is 54.1. The number of aliphatic hydroxyl groups excluding tert-OH is 2.